The van der Waals surface area contributed by atoms with Crippen molar-refractivity contribution in [3.8, 4) is 11.5 Å². The maximum Gasteiger partial charge on any atom is 0.177 e. The van der Waals surface area contributed by atoms with Gasteiger partial charge < -0.3 is 9.47 Å². The Kier molecular flexibility index (Phi) is 3.88. The topological polar surface area (TPSA) is 36.9 Å². The van der Waals surface area contributed by atoms with Crippen molar-refractivity contribution >= 4 is 0 Å². The average molecular weight is 298 g/mol. The lowest BCUT2D eigenvalue weighted by Crippen LogP contribution is -2.28. The van der Waals surface area contributed by atoms with E-state index in [4.69, 9.17) is 19.2 Å². The molecule has 0 bridgehead atoms. The van der Waals surface area contributed by atoms with Gasteiger partial charge in [-0.1, -0.05) is 30.8 Å². The van der Waals surface area contributed by atoms with E-state index in [1.54, 1.807) is 14.2 Å². The molecule has 0 N–H and O–H groups in total. The van der Waals surface area contributed by atoms with E-state index in [0.717, 1.165) is 28.2 Å². The average Bonchev–Trinajstić information content (AvgIpc) is 2.97. The molecular weight excluding hydrogens is 280 g/mol. The van der Waals surface area contributed by atoms with Crippen molar-refractivity contribution in [1.29, 1.82) is 0 Å². The molecule has 1 aliphatic rings. The molecule has 0 radical (unpaired) electrons. The fourth-order valence-corrected chi connectivity index (χ4v) is 2.67. The molecule has 2 aromatic carbocycles. The Morgan fingerprint density at radius 3 is 1.64 bits per heavy atom. The second-order valence-corrected chi connectivity index (χ2v) is 5.09. The summed E-state index contributed by atoms with van der Waals surface area (Å²) in [6.07, 6.45) is 0. The molecule has 0 aromatic heterocycles. The zero-order valence-corrected chi connectivity index (χ0v) is 12.7. The molecule has 1 saturated heterocycles. The first-order valence-electron chi connectivity index (χ1n) is 6.98. The van der Waals surface area contributed by atoms with Crippen LogP contribution in [0.2, 0.25) is 0 Å². The summed E-state index contributed by atoms with van der Waals surface area (Å²) in [7, 11) is 3.28. The van der Waals surface area contributed by atoms with Crippen molar-refractivity contribution < 1.29 is 19.2 Å². The van der Waals surface area contributed by atoms with Gasteiger partial charge in [0.25, 0.3) is 0 Å². The first-order chi connectivity index (χ1) is 10.7. The molecular formula is C18H18O4. The normalized spacial score (nSPS) is 16.5. The molecule has 0 saturated carbocycles. The van der Waals surface area contributed by atoms with Gasteiger partial charge in [-0.3, -0.25) is 0 Å². The molecule has 0 unspecified atom stereocenters. The van der Waals surface area contributed by atoms with E-state index in [1.807, 2.05) is 48.5 Å². The second kappa shape index (κ2) is 5.83. The second-order valence-electron chi connectivity index (χ2n) is 5.09. The van der Waals surface area contributed by atoms with Crippen LogP contribution in [0.5, 0.6) is 11.5 Å². The summed E-state index contributed by atoms with van der Waals surface area (Å²) < 4.78 is 10.4. The van der Waals surface area contributed by atoms with Crippen molar-refractivity contribution in [2.75, 3.05) is 20.8 Å². The minimum Gasteiger partial charge on any atom is -0.497 e. The molecule has 22 heavy (non-hydrogen) atoms. The Labute approximate surface area is 129 Å². The Morgan fingerprint density at radius 2 is 1.32 bits per heavy atom. The molecule has 1 aliphatic heterocycles. The molecule has 0 atom stereocenters. The lowest BCUT2D eigenvalue weighted by Gasteiger charge is -2.28. The van der Waals surface area contributed by atoms with E-state index in [9.17, 15) is 0 Å². The third-order valence-corrected chi connectivity index (χ3v) is 3.91. The Bertz CT molecular complexity index is 611. The van der Waals surface area contributed by atoms with Gasteiger partial charge in [-0.05, 0) is 41.0 Å². The standard InChI is InChI=1S/C18H18O4/c1-13-12-21-22-18(13,14-4-8-16(19-2)9-5-14)15-6-10-17(20-3)11-7-15/h4-11H,1,12H2,2-3H3. The first-order valence-corrected chi connectivity index (χ1v) is 6.98. The van der Waals surface area contributed by atoms with Crippen LogP contribution < -0.4 is 9.47 Å². The number of hydrogen-bond donors (Lipinski definition) is 0. The van der Waals surface area contributed by atoms with E-state index in [0.29, 0.717) is 6.61 Å². The van der Waals surface area contributed by atoms with Crippen LogP contribution in [0.4, 0.5) is 0 Å². The van der Waals surface area contributed by atoms with Crippen LogP contribution in [0, 0.1) is 0 Å². The molecule has 1 fully saturated rings. The summed E-state index contributed by atoms with van der Waals surface area (Å²) in [5.41, 5.74) is 1.93. The first kappa shape index (κ1) is 14.6. The molecule has 1 heterocycles. The summed E-state index contributed by atoms with van der Waals surface area (Å²) >= 11 is 0. The van der Waals surface area contributed by atoms with Crippen molar-refractivity contribution in [2.24, 2.45) is 0 Å². The zero-order chi connectivity index (χ0) is 15.6. The zero-order valence-electron chi connectivity index (χ0n) is 12.7. The lowest BCUT2D eigenvalue weighted by molar-refractivity contribution is -0.301. The summed E-state index contributed by atoms with van der Waals surface area (Å²) in [6.45, 7) is 4.49. The summed E-state index contributed by atoms with van der Waals surface area (Å²) in [5, 5.41) is 0. The monoisotopic (exact) mass is 298 g/mol. The fraction of sp³-hybridized carbons (Fsp3) is 0.222. The van der Waals surface area contributed by atoms with E-state index < -0.39 is 5.60 Å². The summed E-state index contributed by atoms with van der Waals surface area (Å²) in [4.78, 5) is 10.9. The van der Waals surface area contributed by atoms with Crippen LogP contribution in [-0.4, -0.2) is 20.8 Å². The highest BCUT2D eigenvalue weighted by atomic mass is 17.2. The van der Waals surface area contributed by atoms with E-state index >= 15 is 0 Å². The van der Waals surface area contributed by atoms with Gasteiger partial charge >= 0.3 is 0 Å². The Hall–Kier alpha value is -2.30. The molecule has 114 valence electrons. The van der Waals surface area contributed by atoms with Crippen LogP contribution in [0.25, 0.3) is 0 Å². The van der Waals surface area contributed by atoms with Gasteiger partial charge in [0.15, 0.2) is 5.60 Å². The molecule has 3 rings (SSSR count). The van der Waals surface area contributed by atoms with Crippen LogP contribution >= 0.6 is 0 Å². The third kappa shape index (κ3) is 2.26. The third-order valence-electron chi connectivity index (χ3n) is 3.91. The minimum atomic E-state index is -0.807. The van der Waals surface area contributed by atoms with Crippen molar-refractivity contribution in [3.05, 3.63) is 71.8 Å². The van der Waals surface area contributed by atoms with Gasteiger partial charge in [0.2, 0.25) is 0 Å². The number of hydrogen-bond acceptors (Lipinski definition) is 4. The highest BCUT2D eigenvalue weighted by molar-refractivity contribution is 5.48. The smallest absolute Gasteiger partial charge is 0.177 e. The number of benzene rings is 2. The molecule has 4 heteroatoms. The van der Waals surface area contributed by atoms with Crippen molar-refractivity contribution in [2.45, 2.75) is 5.60 Å². The van der Waals surface area contributed by atoms with Gasteiger partial charge in [-0.25, -0.2) is 9.78 Å². The van der Waals surface area contributed by atoms with Gasteiger partial charge in [-0.2, -0.15) is 0 Å². The minimum absolute atomic E-state index is 0.359. The quantitative estimate of drug-likeness (QED) is 0.640. The fourth-order valence-electron chi connectivity index (χ4n) is 2.67. The number of rotatable bonds is 4. The van der Waals surface area contributed by atoms with Crippen LogP contribution in [0.1, 0.15) is 11.1 Å². The highest BCUT2D eigenvalue weighted by Crippen LogP contribution is 2.44. The predicted molar refractivity (Wildman–Crippen MR) is 82.9 cm³/mol. The van der Waals surface area contributed by atoms with Crippen LogP contribution in [0.15, 0.2) is 60.7 Å². The predicted octanol–water partition coefficient (Wildman–Crippen LogP) is 3.47. The molecule has 0 amide bonds. The number of methoxy groups -OCH3 is 2. The van der Waals surface area contributed by atoms with Gasteiger partial charge in [0.05, 0.1) is 14.2 Å². The van der Waals surface area contributed by atoms with Crippen molar-refractivity contribution in [3.63, 3.8) is 0 Å². The SMILES string of the molecule is C=C1COOC1(c1ccc(OC)cc1)c1ccc(OC)cc1. The summed E-state index contributed by atoms with van der Waals surface area (Å²) in [6, 6.07) is 15.4. The van der Waals surface area contributed by atoms with E-state index in [1.165, 1.54) is 0 Å². The molecule has 0 aliphatic carbocycles. The molecule has 2 aromatic rings. The molecule has 4 nitrogen and oxygen atoms in total. The van der Waals surface area contributed by atoms with Gasteiger partial charge in [0.1, 0.15) is 18.1 Å². The maximum absolute atomic E-state index is 5.69. The Balaban J connectivity index is 2.09. The van der Waals surface area contributed by atoms with Crippen LogP contribution in [0.3, 0.4) is 0 Å². The van der Waals surface area contributed by atoms with Gasteiger partial charge in [-0.15, -0.1) is 0 Å². The lowest BCUT2D eigenvalue weighted by atomic mass is 9.81. The number of ether oxygens (including phenoxy) is 2. The summed E-state index contributed by atoms with van der Waals surface area (Å²) in [5.74, 6) is 1.58. The van der Waals surface area contributed by atoms with Gasteiger partial charge in [0, 0.05) is 0 Å². The largest absolute Gasteiger partial charge is 0.497 e. The van der Waals surface area contributed by atoms with E-state index in [-0.39, 0.29) is 0 Å². The van der Waals surface area contributed by atoms with Crippen LogP contribution in [-0.2, 0) is 15.4 Å². The van der Waals surface area contributed by atoms with E-state index in [2.05, 4.69) is 6.58 Å². The highest BCUT2D eigenvalue weighted by Gasteiger charge is 2.44. The van der Waals surface area contributed by atoms with Crippen molar-refractivity contribution in [1.82, 2.24) is 0 Å². The Morgan fingerprint density at radius 1 is 0.864 bits per heavy atom. The maximum atomic E-state index is 5.69. The molecule has 0 spiro atoms.